The molecular weight excluding hydrogens is 284 g/mol. The van der Waals surface area contributed by atoms with E-state index in [2.05, 4.69) is 45.7 Å². The van der Waals surface area contributed by atoms with Gasteiger partial charge in [-0.15, -0.1) is 11.3 Å². The Kier molecular flexibility index (Phi) is 4.54. The van der Waals surface area contributed by atoms with Gasteiger partial charge in [-0.05, 0) is 47.4 Å². The molecule has 2 aromatic heterocycles. The van der Waals surface area contributed by atoms with Crippen LogP contribution in [0.25, 0.3) is 0 Å². The molecule has 1 fully saturated rings. The van der Waals surface area contributed by atoms with E-state index in [9.17, 15) is 0 Å². The summed E-state index contributed by atoms with van der Waals surface area (Å²) in [6, 6.07) is 7.31. The lowest BCUT2D eigenvalue weighted by Gasteiger charge is -2.20. The lowest BCUT2D eigenvalue weighted by Crippen LogP contribution is -2.24. The third-order valence-electron chi connectivity index (χ3n) is 3.36. The van der Waals surface area contributed by atoms with Crippen molar-refractivity contribution in [2.24, 2.45) is 5.73 Å². The Balaban J connectivity index is 1.65. The van der Waals surface area contributed by atoms with Crippen LogP contribution in [0.3, 0.4) is 0 Å². The van der Waals surface area contributed by atoms with E-state index >= 15 is 0 Å². The van der Waals surface area contributed by atoms with Crippen LogP contribution >= 0.6 is 22.7 Å². The molecule has 2 aromatic rings. The normalized spacial score (nSPS) is 14.3. The van der Waals surface area contributed by atoms with Crippen molar-refractivity contribution in [3.05, 3.63) is 44.3 Å². The van der Waals surface area contributed by atoms with Crippen molar-refractivity contribution in [2.75, 3.05) is 6.54 Å². The lowest BCUT2D eigenvalue weighted by atomic mass is 10.3. The molecule has 0 spiro atoms. The number of nitrogens with zero attached hydrogens (tertiary/aromatic N) is 1. The van der Waals surface area contributed by atoms with Crippen molar-refractivity contribution >= 4 is 22.7 Å². The molecule has 2 heterocycles. The van der Waals surface area contributed by atoms with Crippen molar-refractivity contribution < 1.29 is 0 Å². The molecule has 0 aromatic carbocycles. The zero-order chi connectivity index (χ0) is 13.8. The topological polar surface area (TPSA) is 29.3 Å². The minimum atomic E-state index is 0.430. The van der Waals surface area contributed by atoms with Gasteiger partial charge in [0.2, 0.25) is 0 Å². The second-order valence-electron chi connectivity index (χ2n) is 5.04. The van der Waals surface area contributed by atoms with Crippen LogP contribution in [0.4, 0.5) is 0 Å². The van der Waals surface area contributed by atoms with Crippen LogP contribution in [0.5, 0.6) is 0 Å². The highest BCUT2D eigenvalue weighted by molar-refractivity contribution is 7.12. The molecule has 4 heteroatoms. The van der Waals surface area contributed by atoms with Crippen LogP contribution in [0.2, 0.25) is 0 Å². The molecule has 3 rings (SSSR count). The van der Waals surface area contributed by atoms with E-state index in [0.29, 0.717) is 6.54 Å². The molecule has 1 aliphatic rings. The van der Waals surface area contributed by atoms with Gasteiger partial charge in [0, 0.05) is 24.0 Å². The predicted octanol–water partition coefficient (Wildman–Crippen LogP) is 3.28. The monoisotopic (exact) mass is 302 g/mol. The Labute approximate surface area is 128 Å². The number of hydrogen-bond acceptors (Lipinski definition) is 4. The Morgan fingerprint density at radius 2 is 2.15 bits per heavy atom. The highest BCUT2D eigenvalue weighted by Crippen LogP contribution is 2.31. The molecule has 2 nitrogen and oxygen atoms in total. The van der Waals surface area contributed by atoms with E-state index in [0.717, 1.165) is 24.0 Å². The Morgan fingerprint density at radius 1 is 1.25 bits per heavy atom. The van der Waals surface area contributed by atoms with Gasteiger partial charge < -0.3 is 5.73 Å². The van der Waals surface area contributed by atoms with E-state index in [-0.39, 0.29) is 0 Å². The molecule has 2 N–H and O–H groups in total. The minimum Gasteiger partial charge on any atom is -0.320 e. The van der Waals surface area contributed by atoms with Gasteiger partial charge >= 0.3 is 0 Å². The van der Waals surface area contributed by atoms with Crippen LogP contribution in [0.15, 0.2) is 29.0 Å². The smallest absolute Gasteiger partial charge is 0.0772 e. The Hall–Kier alpha value is -1.12. The van der Waals surface area contributed by atoms with Gasteiger partial charge in [0.1, 0.15) is 0 Å². The highest BCUT2D eigenvalue weighted by atomic mass is 32.1. The zero-order valence-electron chi connectivity index (χ0n) is 11.3. The molecule has 0 bridgehead atoms. The maximum absolute atomic E-state index is 5.41. The third-order valence-corrected chi connectivity index (χ3v) is 5.08. The third kappa shape index (κ3) is 3.71. The Bertz CT molecular complexity index is 600. The summed E-state index contributed by atoms with van der Waals surface area (Å²) in [6.45, 7) is 2.53. The molecule has 1 aliphatic carbocycles. The first-order valence-electron chi connectivity index (χ1n) is 6.88. The van der Waals surface area contributed by atoms with Gasteiger partial charge in [0.25, 0.3) is 0 Å². The van der Waals surface area contributed by atoms with Crippen LogP contribution < -0.4 is 5.73 Å². The summed E-state index contributed by atoms with van der Waals surface area (Å²) in [7, 11) is 0. The number of nitrogens with two attached hydrogens (primary N) is 1. The van der Waals surface area contributed by atoms with Crippen LogP contribution in [-0.4, -0.2) is 17.5 Å². The first-order valence-corrected chi connectivity index (χ1v) is 8.64. The van der Waals surface area contributed by atoms with Crippen molar-refractivity contribution in [2.45, 2.75) is 32.0 Å². The molecule has 0 aliphatic heterocycles. The van der Waals surface area contributed by atoms with Gasteiger partial charge in [-0.3, -0.25) is 4.90 Å². The fraction of sp³-hybridized carbons (Fsp3) is 0.375. The van der Waals surface area contributed by atoms with Crippen molar-refractivity contribution in [1.82, 2.24) is 4.90 Å². The number of rotatable bonds is 5. The molecule has 104 valence electrons. The average Bonchev–Trinajstić information content (AvgIpc) is 3.00. The number of hydrogen-bond donors (Lipinski definition) is 1. The quantitative estimate of drug-likeness (QED) is 0.859. The van der Waals surface area contributed by atoms with Crippen LogP contribution in [0, 0.1) is 11.8 Å². The molecule has 20 heavy (non-hydrogen) atoms. The van der Waals surface area contributed by atoms with Gasteiger partial charge in [-0.25, -0.2) is 0 Å². The molecule has 0 saturated heterocycles. The summed E-state index contributed by atoms with van der Waals surface area (Å²) in [6.07, 6.45) is 2.69. The Morgan fingerprint density at radius 3 is 2.85 bits per heavy atom. The first kappa shape index (κ1) is 13.8. The van der Waals surface area contributed by atoms with Gasteiger partial charge in [-0.2, -0.15) is 11.3 Å². The van der Waals surface area contributed by atoms with Crippen molar-refractivity contribution in [3.63, 3.8) is 0 Å². The molecule has 1 saturated carbocycles. The van der Waals surface area contributed by atoms with Gasteiger partial charge in [-0.1, -0.05) is 11.8 Å². The van der Waals surface area contributed by atoms with Gasteiger partial charge in [0.15, 0.2) is 0 Å². The molecule has 0 atom stereocenters. The van der Waals surface area contributed by atoms with E-state index in [4.69, 9.17) is 5.73 Å². The lowest BCUT2D eigenvalue weighted by molar-refractivity contribution is 0.248. The molecular formula is C16H18N2S2. The fourth-order valence-corrected chi connectivity index (χ4v) is 3.81. The summed E-state index contributed by atoms with van der Waals surface area (Å²) >= 11 is 3.57. The van der Waals surface area contributed by atoms with E-state index in [1.807, 2.05) is 0 Å². The number of thiophene rings is 2. The van der Waals surface area contributed by atoms with Crippen molar-refractivity contribution in [3.8, 4) is 11.8 Å². The van der Waals surface area contributed by atoms with E-state index in [1.54, 1.807) is 22.7 Å². The van der Waals surface area contributed by atoms with Gasteiger partial charge in [0.05, 0.1) is 11.4 Å². The largest absolute Gasteiger partial charge is 0.320 e. The summed E-state index contributed by atoms with van der Waals surface area (Å²) in [5.74, 6) is 6.03. The van der Waals surface area contributed by atoms with Crippen LogP contribution in [-0.2, 0) is 13.1 Å². The molecule has 0 unspecified atom stereocenters. The maximum Gasteiger partial charge on any atom is 0.0772 e. The molecule has 0 radical (unpaired) electrons. The molecule has 0 amide bonds. The predicted molar refractivity (Wildman–Crippen MR) is 86.8 cm³/mol. The summed E-state index contributed by atoms with van der Waals surface area (Å²) in [5, 5.41) is 4.41. The van der Waals surface area contributed by atoms with E-state index in [1.165, 1.54) is 23.3 Å². The highest BCUT2D eigenvalue weighted by Gasteiger charge is 2.29. The second-order valence-corrected chi connectivity index (χ2v) is 6.99. The average molecular weight is 302 g/mol. The van der Waals surface area contributed by atoms with E-state index < -0.39 is 0 Å². The standard InChI is InChI=1S/C16H18N2S2/c17-8-1-2-15-5-6-16(20-15)11-18(14-3-4-14)10-13-7-9-19-12-13/h5-7,9,12,14H,3-4,8,10-11,17H2. The summed E-state index contributed by atoms with van der Waals surface area (Å²) < 4.78 is 0. The fourth-order valence-electron chi connectivity index (χ4n) is 2.24. The SMILES string of the molecule is NCC#Cc1ccc(CN(Cc2ccsc2)C2CC2)s1. The first-order chi connectivity index (χ1) is 9.85. The summed E-state index contributed by atoms with van der Waals surface area (Å²) in [5.41, 5.74) is 6.84. The zero-order valence-corrected chi connectivity index (χ0v) is 13.0. The maximum atomic E-state index is 5.41. The second kappa shape index (κ2) is 6.55. The summed E-state index contributed by atoms with van der Waals surface area (Å²) in [4.78, 5) is 5.11. The van der Waals surface area contributed by atoms with Crippen molar-refractivity contribution in [1.29, 1.82) is 0 Å². The van der Waals surface area contributed by atoms with Crippen LogP contribution in [0.1, 0.15) is 28.2 Å². The minimum absolute atomic E-state index is 0.430.